The Morgan fingerprint density at radius 2 is 1.87 bits per heavy atom. The minimum atomic E-state index is -0.302. The van der Waals surface area contributed by atoms with Gasteiger partial charge >= 0.3 is 0 Å². The lowest BCUT2D eigenvalue weighted by Crippen LogP contribution is -2.20. The van der Waals surface area contributed by atoms with Crippen LogP contribution in [0.5, 0.6) is 5.75 Å². The number of aryl methyl sites for hydroxylation is 1. The van der Waals surface area contributed by atoms with Crippen molar-refractivity contribution in [3.8, 4) is 5.75 Å². The standard InChI is InChI=1S/C23H18Br2Cl2N2O2/c1-13-6-7-17(10-20(13)27)29-22(30)12-31-23-15(8-16(24)9-18(23)25)11-28-21-5-3-4-19(26)14(21)2/h3-11H,12H2,1-2H3,(H,29,30). The summed E-state index contributed by atoms with van der Waals surface area (Å²) in [4.78, 5) is 16.9. The molecule has 0 saturated carbocycles. The summed E-state index contributed by atoms with van der Waals surface area (Å²) in [7, 11) is 0. The van der Waals surface area contributed by atoms with Crippen molar-refractivity contribution in [3.63, 3.8) is 0 Å². The van der Waals surface area contributed by atoms with Crippen LogP contribution < -0.4 is 10.1 Å². The van der Waals surface area contributed by atoms with E-state index in [9.17, 15) is 4.79 Å². The zero-order valence-electron chi connectivity index (χ0n) is 16.7. The number of aliphatic imine (C=N–C) groups is 1. The fourth-order valence-electron chi connectivity index (χ4n) is 2.71. The number of benzene rings is 3. The first kappa shape index (κ1) is 23.8. The molecular formula is C23H18Br2Cl2N2O2. The van der Waals surface area contributed by atoms with Gasteiger partial charge in [0.25, 0.3) is 5.91 Å². The molecule has 4 nitrogen and oxygen atoms in total. The number of rotatable bonds is 6. The molecule has 0 aromatic heterocycles. The van der Waals surface area contributed by atoms with Crippen LogP contribution >= 0.6 is 55.1 Å². The second kappa shape index (κ2) is 10.6. The highest BCUT2D eigenvalue weighted by molar-refractivity contribution is 9.11. The third kappa shape index (κ3) is 6.32. The van der Waals surface area contributed by atoms with Gasteiger partial charge in [-0.2, -0.15) is 0 Å². The molecule has 0 saturated heterocycles. The van der Waals surface area contributed by atoms with E-state index in [0.717, 1.165) is 21.3 Å². The van der Waals surface area contributed by atoms with E-state index < -0.39 is 0 Å². The van der Waals surface area contributed by atoms with Gasteiger partial charge in [-0.25, -0.2) is 0 Å². The quantitative estimate of drug-likeness (QED) is 0.299. The topological polar surface area (TPSA) is 50.7 Å². The zero-order valence-corrected chi connectivity index (χ0v) is 21.4. The van der Waals surface area contributed by atoms with Gasteiger partial charge in [0.05, 0.1) is 10.2 Å². The van der Waals surface area contributed by atoms with Crippen LogP contribution in [-0.4, -0.2) is 18.7 Å². The van der Waals surface area contributed by atoms with Gasteiger partial charge in [0.2, 0.25) is 0 Å². The molecule has 0 unspecified atom stereocenters. The van der Waals surface area contributed by atoms with Crippen molar-refractivity contribution in [1.82, 2.24) is 0 Å². The molecule has 160 valence electrons. The van der Waals surface area contributed by atoms with Crippen molar-refractivity contribution >= 4 is 78.6 Å². The van der Waals surface area contributed by atoms with Crippen molar-refractivity contribution in [3.05, 3.63) is 84.2 Å². The number of hydrogen-bond acceptors (Lipinski definition) is 3. The smallest absolute Gasteiger partial charge is 0.262 e. The Hall–Kier alpha value is -1.86. The van der Waals surface area contributed by atoms with E-state index in [4.69, 9.17) is 27.9 Å². The average molecular weight is 585 g/mol. The van der Waals surface area contributed by atoms with E-state index in [1.807, 2.05) is 50.2 Å². The number of ether oxygens (including phenoxy) is 1. The maximum Gasteiger partial charge on any atom is 0.262 e. The van der Waals surface area contributed by atoms with Crippen LogP contribution in [0.3, 0.4) is 0 Å². The summed E-state index contributed by atoms with van der Waals surface area (Å²) in [6, 6.07) is 14.6. The molecule has 0 radical (unpaired) electrons. The number of anilines is 1. The van der Waals surface area contributed by atoms with Gasteiger partial charge in [0, 0.05) is 32.0 Å². The second-order valence-electron chi connectivity index (χ2n) is 6.75. The Bertz CT molecular complexity index is 1170. The summed E-state index contributed by atoms with van der Waals surface area (Å²) in [5, 5.41) is 4.02. The summed E-state index contributed by atoms with van der Waals surface area (Å²) in [6.45, 7) is 3.63. The third-order valence-corrected chi connectivity index (χ3v) is 6.29. The SMILES string of the molecule is Cc1ccc(NC(=O)COc2c(Br)cc(Br)cc2C=Nc2cccc(Cl)c2C)cc1Cl. The van der Waals surface area contributed by atoms with E-state index in [1.165, 1.54) is 0 Å². The Morgan fingerprint density at radius 1 is 1.10 bits per heavy atom. The van der Waals surface area contributed by atoms with E-state index in [1.54, 1.807) is 18.3 Å². The number of nitrogens with zero attached hydrogens (tertiary/aromatic N) is 1. The predicted molar refractivity (Wildman–Crippen MR) is 136 cm³/mol. The lowest BCUT2D eigenvalue weighted by atomic mass is 10.2. The molecule has 1 amide bonds. The molecular weight excluding hydrogens is 567 g/mol. The van der Waals surface area contributed by atoms with Crippen LogP contribution in [0, 0.1) is 13.8 Å². The summed E-state index contributed by atoms with van der Waals surface area (Å²) >= 11 is 19.3. The fourth-order valence-corrected chi connectivity index (χ4v) is 4.43. The van der Waals surface area contributed by atoms with Crippen molar-refractivity contribution in [1.29, 1.82) is 0 Å². The number of hydrogen-bond donors (Lipinski definition) is 1. The van der Waals surface area contributed by atoms with Gasteiger partial charge in [-0.1, -0.05) is 51.3 Å². The molecule has 3 aromatic carbocycles. The number of amides is 1. The van der Waals surface area contributed by atoms with Gasteiger partial charge in [0.1, 0.15) is 5.75 Å². The normalized spacial score (nSPS) is 11.0. The van der Waals surface area contributed by atoms with Gasteiger partial charge < -0.3 is 10.1 Å². The molecule has 0 aliphatic rings. The van der Waals surface area contributed by atoms with Gasteiger partial charge in [-0.3, -0.25) is 9.79 Å². The number of halogens is 4. The molecule has 0 spiro atoms. The molecule has 0 bridgehead atoms. The first-order valence-corrected chi connectivity index (χ1v) is 11.6. The van der Waals surface area contributed by atoms with E-state index >= 15 is 0 Å². The molecule has 0 heterocycles. The monoisotopic (exact) mass is 582 g/mol. The van der Waals surface area contributed by atoms with E-state index in [0.29, 0.717) is 31.5 Å². The van der Waals surface area contributed by atoms with Crippen LogP contribution in [0.25, 0.3) is 0 Å². The van der Waals surface area contributed by atoms with E-state index in [2.05, 4.69) is 42.2 Å². The maximum absolute atomic E-state index is 12.4. The lowest BCUT2D eigenvalue weighted by molar-refractivity contribution is -0.118. The molecule has 3 rings (SSSR count). The summed E-state index contributed by atoms with van der Waals surface area (Å²) < 4.78 is 7.36. The number of carbonyl (C=O) groups is 1. The maximum atomic E-state index is 12.4. The minimum Gasteiger partial charge on any atom is -0.482 e. The molecule has 0 aliphatic carbocycles. The van der Waals surface area contributed by atoms with Crippen molar-refractivity contribution in [2.45, 2.75) is 13.8 Å². The molecule has 3 aromatic rings. The fraction of sp³-hybridized carbons (Fsp3) is 0.130. The Balaban J connectivity index is 1.77. The first-order valence-electron chi connectivity index (χ1n) is 9.21. The van der Waals surface area contributed by atoms with Crippen LogP contribution in [-0.2, 0) is 4.79 Å². The summed E-state index contributed by atoms with van der Waals surface area (Å²) in [6.07, 6.45) is 1.68. The lowest BCUT2D eigenvalue weighted by Gasteiger charge is -2.13. The van der Waals surface area contributed by atoms with E-state index in [-0.39, 0.29) is 12.5 Å². The highest BCUT2D eigenvalue weighted by atomic mass is 79.9. The molecule has 8 heteroatoms. The van der Waals surface area contributed by atoms with Crippen LogP contribution in [0.4, 0.5) is 11.4 Å². The van der Waals surface area contributed by atoms with Crippen molar-refractivity contribution < 1.29 is 9.53 Å². The Labute approximate surface area is 207 Å². The summed E-state index contributed by atoms with van der Waals surface area (Å²) in [5.74, 6) is 0.201. The zero-order chi connectivity index (χ0) is 22.5. The van der Waals surface area contributed by atoms with Gasteiger partial charge in [0.15, 0.2) is 6.61 Å². The summed E-state index contributed by atoms with van der Waals surface area (Å²) in [5.41, 5.74) is 3.88. The number of carbonyl (C=O) groups excluding carboxylic acids is 1. The van der Waals surface area contributed by atoms with Crippen molar-refractivity contribution in [2.75, 3.05) is 11.9 Å². The highest BCUT2D eigenvalue weighted by Crippen LogP contribution is 2.33. The molecule has 1 N–H and O–H groups in total. The third-order valence-electron chi connectivity index (χ3n) is 4.42. The van der Waals surface area contributed by atoms with Crippen LogP contribution in [0.2, 0.25) is 10.0 Å². The number of nitrogens with one attached hydrogen (secondary N) is 1. The van der Waals surface area contributed by atoms with Crippen LogP contribution in [0.1, 0.15) is 16.7 Å². The molecule has 31 heavy (non-hydrogen) atoms. The second-order valence-corrected chi connectivity index (χ2v) is 9.33. The van der Waals surface area contributed by atoms with Gasteiger partial charge in [-0.05, 0) is 77.3 Å². The largest absolute Gasteiger partial charge is 0.482 e. The molecule has 0 atom stereocenters. The average Bonchev–Trinajstić information content (AvgIpc) is 2.71. The van der Waals surface area contributed by atoms with Crippen molar-refractivity contribution in [2.24, 2.45) is 4.99 Å². The van der Waals surface area contributed by atoms with Crippen LogP contribution in [0.15, 0.2) is 62.5 Å². The first-order chi connectivity index (χ1) is 14.7. The van der Waals surface area contributed by atoms with Gasteiger partial charge in [-0.15, -0.1) is 0 Å². The highest BCUT2D eigenvalue weighted by Gasteiger charge is 2.12. The Kier molecular flexibility index (Phi) is 8.17. The molecule has 0 fully saturated rings. The Morgan fingerprint density at radius 3 is 2.61 bits per heavy atom. The minimum absolute atomic E-state index is 0.178. The predicted octanol–water partition coefficient (Wildman–Crippen LogP) is 7.90. The molecule has 0 aliphatic heterocycles.